The van der Waals surface area contributed by atoms with Gasteiger partial charge in [0.1, 0.15) is 10.5 Å². The smallest absolute Gasteiger partial charge is 0.180 e. The van der Waals surface area contributed by atoms with Crippen LogP contribution in [0.4, 0.5) is 0 Å². The molecule has 2 aromatic rings. The van der Waals surface area contributed by atoms with Crippen molar-refractivity contribution in [2.75, 3.05) is 0 Å². The highest BCUT2D eigenvalue weighted by Gasteiger charge is 2.07. The molecule has 0 amide bonds. The van der Waals surface area contributed by atoms with Crippen molar-refractivity contribution in [2.24, 2.45) is 0 Å². The van der Waals surface area contributed by atoms with Gasteiger partial charge in [-0.3, -0.25) is 0 Å². The van der Waals surface area contributed by atoms with Crippen molar-refractivity contribution in [3.05, 3.63) is 27.8 Å². The Morgan fingerprint density at radius 3 is 3.07 bits per heavy atom. The molecule has 2 rings (SSSR count). The van der Waals surface area contributed by atoms with E-state index in [0.717, 1.165) is 13.8 Å². The summed E-state index contributed by atoms with van der Waals surface area (Å²) >= 11 is 6.53. The van der Waals surface area contributed by atoms with Crippen molar-refractivity contribution >= 4 is 39.0 Å². The molecule has 0 aliphatic carbocycles. The van der Waals surface area contributed by atoms with E-state index in [1.54, 1.807) is 11.7 Å². The first-order valence-electron chi connectivity index (χ1n) is 3.82. The summed E-state index contributed by atoms with van der Waals surface area (Å²) in [6.07, 6.45) is 1.80. The average molecular weight is 288 g/mol. The first-order valence-corrected chi connectivity index (χ1v) is 6.31. The highest BCUT2D eigenvalue weighted by molar-refractivity contribution is 9.10. The SMILES string of the molecule is Cc1ccnc(Sc2nncs2)c1Br. The molecule has 6 heteroatoms. The van der Waals surface area contributed by atoms with Gasteiger partial charge in [-0.25, -0.2) is 4.98 Å². The van der Waals surface area contributed by atoms with Gasteiger partial charge >= 0.3 is 0 Å². The van der Waals surface area contributed by atoms with Crippen LogP contribution in [0.15, 0.2) is 31.6 Å². The molecule has 2 heterocycles. The van der Waals surface area contributed by atoms with Crippen LogP contribution in [0, 0.1) is 6.92 Å². The Bertz CT molecular complexity index is 430. The molecule has 2 aromatic heterocycles. The Hall–Kier alpha value is -0.460. The standard InChI is InChI=1S/C8H6BrN3S2/c1-5-2-3-10-7(6(5)9)14-8-12-11-4-13-8/h2-4H,1H3. The van der Waals surface area contributed by atoms with Crippen LogP contribution >= 0.6 is 39.0 Å². The summed E-state index contributed by atoms with van der Waals surface area (Å²) in [6, 6.07) is 1.97. The van der Waals surface area contributed by atoms with Gasteiger partial charge < -0.3 is 0 Å². The van der Waals surface area contributed by atoms with E-state index in [2.05, 4.69) is 31.1 Å². The van der Waals surface area contributed by atoms with Gasteiger partial charge in [-0.05, 0) is 46.2 Å². The summed E-state index contributed by atoms with van der Waals surface area (Å²) in [6.45, 7) is 2.04. The minimum absolute atomic E-state index is 0.906. The van der Waals surface area contributed by atoms with E-state index < -0.39 is 0 Å². The third-order valence-electron chi connectivity index (χ3n) is 1.57. The van der Waals surface area contributed by atoms with E-state index >= 15 is 0 Å². The molecule has 0 radical (unpaired) electrons. The van der Waals surface area contributed by atoms with Gasteiger partial charge in [0.25, 0.3) is 0 Å². The molecule has 3 nitrogen and oxygen atoms in total. The summed E-state index contributed by atoms with van der Waals surface area (Å²) in [7, 11) is 0. The van der Waals surface area contributed by atoms with Crippen LogP contribution in [0.3, 0.4) is 0 Å². The zero-order valence-electron chi connectivity index (χ0n) is 7.27. The van der Waals surface area contributed by atoms with E-state index in [1.165, 1.54) is 28.7 Å². The van der Waals surface area contributed by atoms with Gasteiger partial charge in [0.15, 0.2) is 4.34 Å². The molecular formula is C8H6BrN3S2. The highest BCUT2D eigenvalue weighted by Crippen LogP contribution is 2.33. The van der Waals surface area contributed by atoms with Crippen molar-refractivity contribution in [1.82, 2.24) is 15.2 Å². The van der Waals surface area contributed by atoms with Crippen LogP contribution in [0.2, 0.25) is 0 Å². The molecule has 0 atom stereocenters. The quantitative estimate of drug-likeness (QED) is 0.851. The Morgan fingerprint density at radius 2 is 2.36 bits per heavy atom. The molecule has 0 unspecified atom stereocenters. The summed E-state index contributed by atoms with van der Waals surface area (Å²) < 4.78 is 1.93. The Labute approximate surface area is 98.1 Å². The van der Waals surface area contributed by atoms with Crippen LogP contribution in [-0.2, 0) is 0 Å². The van der Waals surface area contributed by atoms with Gasteiger partial charge in [-0.2, -0.15) is 0 Å². The van der Waals surface area contributed by atoms with Crippen molar-refractivity contribution in [3.63, 3.8) is 0 Å². The maximum atomic E-state index is 4.27. The van der Waals surface area contributed by atoms with E-state index in [9.17, 15) is 0 Å². The number of pyridine rings is 1. The van der Waals surface area contributed by atoms with Gasteiger partial charge in [0.05, 0.1) is 4.47 Å². The maximum Gasteiger partial charge on any atom is 0.180 e. The van der Waals surface area contributed by atoms with Crippen LogP contribution in [0.25, 0.3) is 0 Å². The van der Waals surface area contributed by atoms with Crippen LogP contribution < -0.4 is 0 Å². The minimum Gasteiger partial charge on any atom is -0.248 e. The lowest BCUT2D eigenvalue weighted by Crippen LogP contribution is -1.84. The largest absolute Gasteiger partial charge is 0.248 e. The molecule has 0 saturated heterocycles. The maximum absolute atomic E-state index is 4.27. The predicted molar refractivity (Wildman–Crippen MR) is 60.7 cm³/mol. The minimum atomic E-state index is 0.906. The van der Waals surface area contributed by atoms with Crippen molar-refractivity contribution < 1.29 is 0 Å². The third-order valence-corrected chi connectivity index (χ3v) is 4.62. The zero-order valence-corrected chi connectivity index (χ0v) is 10.5. The summed E-state index contributed by atoms with van der Waals surface area (Å²) in [5.74, 6) is 0. The molecule has 0 aliphatic rings. The summed E-state index contributed by atoms with van der Waals surface area (Å²) in [4.78, 5) is 4.27. The lowest BCUT2D eigenvalue weighted by molar-refractivity contribution is 1.00. The number of hydrogen-bond acceptors (Lipinski definition) is 5. The number of aromatic nitrogens is 3. The molecule has 0 fully saturated rings. The van der Waals surface area contributed by atoms with Gasteiger partial charge in [-0.15, -0.1) is 10.2 Å². The second kappa shape index (κ2) is 4.37. The summed E-state index contributed by atoms with van der Waals surface area (Å²) in [5.41, 5.74) is 2.89. The molecule has 0 aliphatic heterocycles. The summed E-state index contributed by atoms with van der Waals surface area (Å²) in [5, 5.41) is 8.66. The average Bonchev–Trinajstić information content (AvgIpc) is 2.66. The second-order valence-electron chi connectivity index (χ2n) is 2.55. The molecule has 0 saturated carbocycles. The number of hydrogen-bond donors (Lipinski definition) is 0. The normalized spacial score (nSPS) is 10.4. The first kappa shape index (κ1) is 10.1. The molecule has 0 N–H and O–H groups in total. The van der Waals surface area contributed by atoms with Gasteiger partial charge in [-0.1, -0.05) is 11.3 Å². The second-order valence-corrected chi connectivity index (χ2v) is 5.42. The van der Waals surface area contributed by atoms with Crippen LogP contribution in [0.5, 0.6) is 0 Å². The topological polar surface area (TPSA) is 38.7 Å². The Kier molecular flexibility index (Phi) is 3.15. The molecule has 0 bridgehead atoms. The monoisotopic (exact) mass is 287 g/mol. The van der Waals surface area contributed by atoms with Crippen molar-refractivity contribution in [2.45, 2.75) is 16.3 Å². The Morgan fingerprint density at radius 1 is 1.50 bits per heavy atom. The van der Waals surface area contributed by atoms with Gasteiger partial charge in [0.2, 0.25) is 0 Å². The molecule has 72 valence electrons. The third kappa shape index (κ3) is 2.13. The van der Waals surface area contributed by atoms with Crippen LogP contribution in [-0.4, -0.2) is 15.2 Å². The molecule has 14 heavy (non-hydrogen) atoms. The van der Waals surface area contributed by atoms with E-state index in [-0.39, 0.29) is 0 Å². The Balaban J connectivity index is 2.29. The molecular weight excluding hydrogens is 282 g/mol. The van der Waals surface area contributed by atoms with E-state index in [0.29, 0.717) is 0 Å². The predicted octanol–water partition coefficient (Wildman–Crippen LogP) is 3.16. The molecule has 0 aromatic carbocycles. The number of aryl methyl sites for hydroxylation is 1. The fraction of sp³-hybridized carbons (Fsp3) is 0.125. The van der Waals surface area contributed by atoms with Crippen LogP contribution in [0.1, 0.15) is 5.56 Å². The molecule has 0 spiro atoms. The zero-order chi connectivity index (χ0) is 9.97. The number of halogens is 1. The number of nitrogens with zero attached hydrogens (tertiary/aromatic N) is 3. The lowest BCUT2D eigenvalue weighted by atomic mass is 10.3. The lowest BCUT2D eigenvalue weighted by Gasteiger charge is -2.02. The number of rotatable bonds is 2. The highest BCUT2D eigenvalue weighted by atomic mass is 79.9. The van der Waals surface area contributed by atoms with Crippen molar-refractivity contribution in [1.29, 1.82) is 0 Å². The van der Waals surface area contributed by atoms with Crippen molar-refractivity contribution in [3.8, 4) is 0 Å². The fourth-order valence-corrected chi connectivity index (χ4v) is 2.81. The van der Waals surface area contributed by atoms with E-state index in [1.807, 2.05) is 13.0 Å². The fourth-order valence-electron chi connectivity index (χ4n) is 0.877. The van der Waals surface area contributed by atoms with E-state index in [4.69, 9.17) is 0 Å². The first-order chi connectivity index (χ1) is 6.77. The van der Waals surface area contributed by atoms with Gasteiger partial charge in [0, 0.05) is 6.20 Å².